The molecular weight excluding hydrogens is 591 g/mol. The molecule has 226 valence electrons. The van der Waals surface area contributed by atoms with E-state index in [2.05, 4.69) is 27.8 Å². The number of nitrogens with one attached hydrogen (secondary N) is 2. The van der Waals surface area contributed by atoms with Gasteiger partial charge in [0, 0.05) is 57.8 Å². The molecule has 1 aliphatic rings. The van der Waals surface area contributed by atoms with Crippen LogP contribution in [0.4, 0.5) is 5.69 Å². The summed E-state index contributed by atoms with van der Waals surface area (Å²) in [5.74, 6) is 0.423. The van der Waals surface area contributed by atoms with Gasteiger partial charge in [-0.3, -0.25) is 10.2 Å². The predicted octanol–water partition coefficient (Wildman–Crippen LogP) is 7.01. The lowest BCUT2D eigenvalue weighted by molar-refractivity contribution is -0.130. The van der Waals surface area contributed by atoms with Crippen molar-refractivity contribution in [2.45, 2.75) is 50.7 Å². The molecule has 12 heteroatoms. The van der Waals surface area contributed by atoms with Gasteiger partial charge in [-0.15, -0.1) is 0 Å². The van der Waals surface area contributed by atoms with E-state index in [1.807, 2.05) is 0 Å². The molecule has 1 aliphatic heterocycles. The number of ether oxygens (including phenoxy) is 2. The van der Waals surface area contributed by atoms with Gasteiger partial charge in [-0.25, -0.2) is 10.4 Å². The van der Waals surface area contributed by atoms with Crippen molar-refractivity contribution in [3.8, 4) is 5.75 Å². The smallest absolute Gasteiger partial charge is 0.266 e. The lowest BCUT2D eigenvalue weighted by Gasteiger charge is -2.31. The Labute approximate surface area is 260 Å². The zero-order valence-electron chi connectivity index (χ0n) is 23.8. The summed E-state index contributed by atoms with van der Waals surface area (Å²) in [5.41, 5.74) is 15.7. The van der Waals surface area contributed by atoms with Crippen LogP contribution in [0.25, 0.3) is 10.4 Å². The lowest BCUT2D eigenvalue weighted by atomic mass is 9.81. The Kier molecular flexibility index (Phi) is 11.7. The number of carbonyl (C=O) groups is 1. The molecule has 43 heavy (non-hydrogen) atoms. The molecule has 3 N–H and O–H groups in total. The highest BCUT2D eigenvalue weighted by Crippen LogP contribution is 2.45. The summed E-state index contributed by atoms with van der Waals surface area (Å²) < 4.78 is 12.2. The van der Waals surface area contributed by atoms with Crippen LogP contribution in [-0.2, 0) is 16.0 Å². The number of aliphatic hydroxyl groups is 1. The second kappa shape index (κ2) is 15.6. The zero-order chi connectivity index (χ0) is 30.7. The van der Waals surface area contributed by atoms with Gasteiger partial charge < -0.3 is 14.6 Å². The van der Waals surface area contributed by atoms with Crippen LogP contribution in [0, 0.1) is 0 Å². The number of halogens is 2. The van der Waals surface area contributed by atoms with Gasteiger partial charge in [0.1, 0.15) is 5.75 Å². The normalized spacial score (nSPS) is 17.5. The van der Waals surface area contributed by atoms with Gasteiger partial charge in [-0.05, 0) is 53.9 Å². The minimum Gasteiger partial charge on any atom is -0.494 e. The number of nitrogens with zero attached hydrogens (tertiary/aromatic N) is 4. The lowest BCUT2D eigenvalue weighted by Crippen LogP contribution is -2.54. The molecule has 0 fully saturated rings. The van der Waals surface area contributed by atoms with Crippen LogP contribution in [0.1, 0.15) is 55.4 Å². The molecule has 0 bridgehead atoms. The van der Waals surface area contributed by atoms with Gasteiger partial charge in [-0.1, -0.05) is 78.4 Å². The number of rotatable bonds is 15. The topological polar surface area (TPSA) is 141 Å². The number of hydrogen-bond donors (Lipinski definition) is 3. The summed E-state index contributed by atoms with van der Waals surface area (Å²) in [7, 11) is 0. The predicted molar refractivity (Wildman–Crippen MR) is 168 cm³/mol. The molecule has 0 unspecified atom stereocenters. The average Bonchev–Trinajstić information content (AvgIpc) is 3.38. The third-order valence-electron chi connectivity index (χ3n) is 6.99. The molecule has 10 nitrogen and oxygen atoms in total. The monoisotopic (exact) mass is 624 g/mol. The number of hydrogen-bond acceptors (Lipinski definition) is 7. The second-order valence-electron chi connectivity index (χ2n) is 10.0. The first-order valence-corrected chi connectivity index (χ1v) is 14.9. The number of hydrazine groups is 1. The summed E-state index contributed by atoms with van der Waals surface area (Å²) in [5, 5.41) is 13.6. The van der Waals surface area contributed by atoms with Gasteiger partial charge in [0.15, 0.2) is 11.6 Å². The number of aliphatic hydroxyl groups excluding tert-OH is 1. The van der Waals surface area contributed by atoms with Crippen molar-refractivity contribution in [1.82, 2.24) is 10.9 Å². The van der Waals surface area contributed by atoms with Gasteiger partial charge in [0.25, 0.3) is 5.91 Å². The third kappa shape index (κ3) is 7.98. The number of benzene rings is 3. The maximum atomic E-state index is 14.2. The molecule has 0 saturated carbocycles. The molecule has 3 aromatic carbocycles. The molecule has 1 heterocycles. The minimum atomic E-state index is -1.55. The van der Waals surface area contributed by atoms with Crippen molar-refractivity contribution in [2.75, 3.05) is 19.8 Å². The molecule has 0 aliphatic carbocycles. The highest BCUT2D eigenvalue weighted by molar-refractivity contribution is 6.35. The van der Waals surface area contributed by atoms with Crippen molar-refractivity contribution < 1.29 is 19.4 Å². The van der Waals surface area contributed by atoms with Gasteiger partial charge >= 0.3 is 0 Å². The van der Waals surface area contributed by atoms with Crippen LogP contribution in [-0.4, -0.2) is 42.2 Å². The molecule has 3 aromatic rings. The maximum Gasteiger partial charge on any atom is 0.266 e. The van der Waals surface area contributed by atoms with E-state index in [0.717, 1.165) is 19.3 Å². The van der Waals surface area contributed by atoms with E-state index in [-0.39, 0.29) is 18.9 Å². The maximum absolute atomic E-state index is 14.2. The summed E-state index contributed by atoms with van der Waals surface area (Å²) >= 11 is 12.9. The van der Waals surface area contributed by atoms with Crippen molar-refractivity contribution in [3.05, 3.63) is 104 Å². The van der Waals surface area contributed by atoms with Gasteiger partial charge in [-0.2, -0.15) is 0 Å². The number of amides is 1. The van der Waals surface area contributed by atoms with E-state index in [9.17, 15) is 10.3 Å². The van der Waals surface area contributed by atoms with E-state index in [4.69, 9.17) is 42.8 Å². The summed E-state index contributed by atoms with van der Waals surface area (Å²) in [6.07, 6.45) is 2.54. The van der Waals surface area contributed by atoms with Crippen LogP contribution in [0.15, 0.2) is 76.8 Å². The molecule has 2 atom stereocenters. The molecule has 0 saturated heterocycles. The van der Waals surface area contributed by atoms with Gasteiger partial charge in [0.05, 0.1) is 6.61 Å². The quantitative estimate of drug-likeness (QED) is 0.0548. The van der Waals surface area contributed by atoms with Gasteiger partial charge in [0.2, 0.25) is 5.90 Å². The Balaban J connectivity index is 1.80. The first kappa shape index (κ1) is 32.1. The largest absolute Gasteiger partial charge is 0.494 e. The number of carbonyl (C=O) groups excluding carboxylic acids is 1. The van der Waals surface area contributed by atoms with E-state index in [0.29, 0.717) is 57.7 Å². The minimum absolute atomic E-state index is 0.0395. The molecule has 0 aromatic heterocycles. The van der Waals surface area contributed by atoms with Crippen LogP contribution in [0.2, 0.25) is 10.0 Å². The van der Waals surface area contributed by atoms with Crippen molar-refractivity contribution >= 4 is 40.7 Å². The van der Waals surface area contributed by atoms with E-state index in [1.54, 1.807) is 66.7 Å². The molecular formula is C31H34Cl2N6O4. The molecule has 1 amide bonds. The van der Waals surface area contributed by atoms with Crippen LogP contribution < -0.4 is 15.6 Å². The summed E-state index contributed by atoms with van der Waals surface area (Å²) in [6, 6.07) is 19.2. The van der Waals surface area contributed by atoms with E-state index < -0.39 is 17.6 Å². The fourth-order valence-corrected chi connectivity index (χ4v) is 5.29. The number of aliphatic imine (C=N–C) groups is 1. The highest BCUT2D eigenvalue weighted by atomic mass is 35.5. The van der Waals surface area contributed by atoms with Crippen LogP contribution >= 0.6 is 23.2 Å². The fourth-order valence-electron chi connectivity index (χ4n) is 4.78. The third-order valence-corrected chi connectivity index (χ3v) is 7.55. The first-order valence-electron chi connectivity index (χ1n) is 14.1. The van der Waals surface area contributed by atoms with E-state index in [1.165, 1.54) is 0 Å². The van der Waals surface area contributed by atoms with Crippen molar-refractivity contribution in [3.63, 3.8) is 0 Å². The Bertz CT molecular complexity index is 1480. The zero-order valence-corrected chi connectivity index (χ0v) is 25.3. The Morgan fingerprint density at radius 1 is 1.14 bits per heavy atom. The standard InChI is InChI=1S/C31H34Cl2N6O4/c1-2-3-6-16-35-38-30(41)31(20-22-8-4-5-9-27(22)37-39-34)28(25-15-12-23(32)19-26(25)33)43-29(36-31)21-10-13-24(14-11-21)42-18-7-17-40/h4-5,8-15,19,28,35,40H,2-3,6-7,16-18,20H2,1H3,(H,38,41)/t28-,31-/m0/s1. The fraction of sp³-hybridized carbons (Fsp3) is 0.355. The summed E-state index contributed by atoms with van der Waals surface area (Å²) in [6.45, 7) is 3.10. The van der Waals surface area contributed by atoms with Crippen molar-refractivity contribution in [1.29, 1.82) is 0 Å². The Morgan fingerprint density at radius 3 is 2.65 bits per heavy atom. The van der Waals surface area contributed by atoms with Crippen molar-refractivity contribution in [2.24, 2.45) is 10.1 Å². The summed E-state index contributed by atoms with van der Waals surface area (Å²) in [4.78, 5) is 22.2. The number of azide groups is 1. The molecule has 0 radical (unpaired) electrons. The average molecular weight is 626 g/mol. The second-order valence-corrected chi connectivity index (χ2v) is 10.9. The van der Waals surface area contributed by atoms with Crippen LogP contribution in [0.3, 0.4) is 0 Å². The molecule has 4 rings (SSSR count). The molecule has 0 spiro atoms. The first-order chi connectivity index (χ1) is 20.9. The SMILES string of the molecule is CCCCCNNC(=O)[C@@]1(Cc2ccccc2N=[N+]=[N-])N=C(c2ccc(OCCCO)cc2)O[C@H]1c1ccc(Cl)cc1Cl. The highest BCUT2D eigenvalue weighted by Gasteiger charge is 2.54. The number of unbranched alkanes of at least 4 members (excludes halogenated alkanes) is 2. The van der Waals surface area contributed by atoms with E-state index >= 15 is 0 Å². The van der Waals surface area contributed by atoms with Crippen LogP contribution in [0.5, 0.6) is 5.75 Å². The Hall–Kier alpha value is -3.79. The Morgan fingerprint density at radius 2 is 1.93 bits per heavy atom.